The monoisotopic (exact) mass is 298 g/mol. The van der Waals surface area contributed by atoms with Crippen LogP contribution in [-0.4, -0.2) is 59.9 Å². The first-order valence-electron chi connectivity index (χ1n) is 8.46. The lowest BCUT2D eigenvalue weighted by atomic mass is 9.90. The number of hydrogen-bond acceptors (Lipinski definition) is 4. The number of carbonyl (C=O) groups is 1. The molecule has 2 saturated heterocycles. The summed E-state index contributed by atoms with van der Waals surface area (Å²) < 4.78 is 5.84. The maximum atomic E-state index is 11.7. The van der Waals surface area contributed by atoms with Gasteiger partial charge in [0, 0.05) is 13.1 Å². The van der Waals surface area contributed by atoms with Crippen LogP contribution < -0.4 is 5.32 Å². The summed E-state index contributed by atoms with van der Waals surface area (Å²) in [5.74, 6) is -0.708. The summed E-state index contributed by atoms with van der Waals surface area (Å²) in [5.41, 5.74) is -0.749. The highest BCUT2D eigenvalue weighted by Crippen LogP contribution is 2.27. The van der Waals surface area contributed by atoms with E-state index in [0.717, 1.165) is 39.0 Å². The van der Waals surface area contributed by atoms with Crippen molar-refractivity contribution in [2.45, 2.75) is 70.1 Å². The topological polar surface area (TPSA) is 61.8 Å². The first-order chi connectivity index (χ1) is 10.1. The Kier molecular flexibility index (Phi) is 6.02. The van der Waals surface area contributed by atoms with Gasteiger partial charge in [-0.25, -0.2) is 0 Å². The van der Waals surface area contributed by atoms with Gasteiger partial charge in [-0.15, -0.1) is 0 Å². The number of carboxylic acids is 1. The third-order valence-corrected chi connectivity index (χ3v) is 4.92. The summed E-state index contributed by atoms with van der Waals surface area (Å²) in [5, 5.41) is 12.8. The van der Waals surface area contributed by atoms with Gasteiger partial charge in [0.25, 0.3) is 0 Å². The Balaban J connectivity index is 1.80. The van der Waals surface area contributed by atoms with Crippen LogP contribution in [0.25, 0.3) is 0 Å². The van der Waals surface area contributed by atoms with Crippen molar-refractivity contribution in [1.29, 1.82) is 0 Å². The summed E-state index contributed by atoms with van der Waals surface area (Å²) >= 11 is 0. The lowest BCUT2D eigenvalue weighted by molar-refractivity contribution is -0.145. The molecule has 3 unspecified atom stereocenters. The van der Waals surface area contributed by atoms with Gasteiger partial charge in [-0.2, -0.15) is 0 Å². The Hall–Kier alpha value is -0.650. The molecule has 2 aliphatic rings. The molecule has 0 aromatic carbocycles. The first kappa shape index (κ1) is 16.7. The molecule has 0 radical (unpaired) electrons. The van der Waals surface area contributed by atoms with E-state index in [0.29, 0.717) is 25.0 Å². The maximum absolute atomic E-state index is 11.7. The summed E-state index contributed by atoms with van der Waals surface area (Å²) in [7, 11) is 0. The van der Waals surface area contributed by atoms with Crippen LogP contribution in [0.2, 0.25) is 0 Å². The molecule has 2 rings (SSSR count). The lowest BCUT2D eigenvalue weighted by Crippen LogP contribution is -2.52. The zero-order chi connectivity index (χ0) is 15.3. The van der Waals surface area contributed by atoms with Gasteiger partial charge in [0.1, 0.15) is 5.54 Å². The van der Waals surface area contributed by atoms with Crippen LogP contribution >= 0.6 is 0 Å². The van der Waals surface area contributed by atoms with Crippen LogP contribution in [0, 0.1) is 0 Å². The predicted octanol–water partition coefficient (Wildman–Crippen LogP) is 1.86. The van der Waals surface area contributed by atoms with Crippen molar-refractivity contribution in [2.75, 3.05) is 26.2 Å². The van der Waals surface area contributed by atoms with Crippen molar-refractivity contribution in [3.05, 3.63) is 0 Å². The third kappa shape index (κ3) is 4.18. The van der Waals surface area contributed by atoms with E-state index in [1.165, 1.54) is 12.8 Å². The van der Waals surface area contributed by atoms with Crippen molar-refractivity contribution in [3.8, 4) is 0 Å². The lowest BCUT2D eigenvalue weighted by Gasteiger charge is -2.34. The fourth-order valence-electron chi connectivity index (χ4n) is 3.57. The minimum Gasteiger partial charge on any atom is -0.480 e. The second kappa shape index (κ2) is 7.56. The Labute approximate surface area is 128 Å². The Morgan fingerprint density at radius 3 is 2.52 bits per heavy atom. The van der Waals surface area contributed by atoms with E-state index in [1.54, 1.807) is 0 Å². The zero-order valence-electron chi connectivity index (χ0n) is 13.4. The van der Waals surface area contributed by atoms with Gasteiger partial charge in [0.05, 0.1) is 12.2 Å². The average molecular weight is 298 g/mol. The van der Waals surface area contributed by atoms with Crippen LogP contribution in [0.15, 0.2) is 0 Å². The van der Waals surface area contributed by atoms with Gasteiger partial charge in [-0.1, -0.05) is 13.8 Å². The Bertz CT molecular complexity index is 338. The second-order valence-corrected chi connectivity index (χ2v) is 6.49. The van der Waals surface area contributed by atoms with E-state index in [2.05, 4.69) is 17.1 Å². The number of morpholine rings is 1. The number of aliphatic carboxylic acids is 1. The van der Waals surface area contributed by atoms with Crippen LogP contribution in [0.1, 0.15) is 52.4 Å². The van der Waals surface area contributed by atoms with Gasteiger partial charge in [-0.05, 0) is 51.6 Å². The van der Waals surface area contributed by atoms with Crippen molar-refractivity contribution >= 4 is 5.97 Å². The van der Waals surface area contributed by atoms with E-state index in [4.69, 9.17) is 4.74 Å². The van der Waals surface area contributed by atoms with Crippen molar-refractivity contribution in [1.82, 2.24) is 10.2 Å². The van der Waals surface area contributed by atoms with Crippen molar-refractivity contribution < 1.29 is 14.6 Å². The number of likely N-dealkylation sites (tertiary alicyclic amines) is 1. The van der Waals surface area contributed by atoms with Crippen LogP contribution in [0.3, 0.4) is 0 Å². The molecule has 2 fully saturated rings. The minimum absolute atomic E-state index is 0.414. The van der Waals surface area contributed by atoms with E-state index < -0.39 is 11.5 Å². The smallest absolute Gasteiger partial charge is 0.323 e. The molecule has 2 N–H and O–H groups in total. The molecule has 2 heterocycles. The standard InChI is InChI=1S/C16H30N2O3/c1-3-9-17-16(4-2,15(19)20)8-5-10-18-11-13-6-7-14(12-18)21-13/h13-14,17H,3-12H2,1-2H3,(H,19,20). The zero-order valence-corrected chi connectivity index (χ0v) is 13.4. The molecular weight excluding hydrogens is 268 g/mol. The fourth-order valence-corrected chi connectivity index (χ4v) is 3.57. The summed E-state index contributed by atoms with van der Waals surface area (Å²) in [6.07, 6.45) is 6.43. The predicted molar refractivity (Wildman–Crippen MR) is 82.5 cm³/mol. The number of fused-ring (bicyclic) bond motifs is 2. The highest BCUT2D eigenvalue weighted by Gasteiger charge is 2.37. The van der Waals surface area contributed by atoms with Crippen LogP contribution in [0.5, 0.6) is 0 Å². The normalized spacial score (nSPS) is 28.5. The van der Waals surface area contributed by atoms with Crippen LogP contribution in [-0.2, 0) is 9.53 Å². The van der Waals surface area contributed by atoms with E-state index in [9.17, 15) is 9.90 Å². The highest BCUT2D eigenvalue weighted by atomic mass is 16.5. The third-order valence-electron chi connectivity index (χ3n) is 4.92. The van der Waals surface area contributed by atoms with E-state index >= 15 is 0 Å². The van der Waals surface area contributed by atoms with Crippen LogP contribution in [0.4, 0.5) is 0 Å². The number of nitrogens with zero attached hydrogens (tertiary/aromatic N) is 1. The second-order valence-electron chi connectivity index (χ2n) is 6.49. The largest absolute Gasteiger partial charge is 0.480 e. The molecule has 122 valence electrons. The van der Waals surface area contributed by atoms with E-state index in [1.807, 2.05) is 6.92 Å². The van der Waals surface area contributed by atoms with Crippen molar-refractivity contribution in [2.24, 2.45) is 0 Å². The molecule has 5 nitrogen and oxygen atoms in total. The number of rotatable bonds is 9. The summed E-state index contributed by atoms with van der Waals surface area (Å²) in [6.45, 7) is 7.82. The van der Waals surface area contributed by atoms with Gasteiger partial charge in [0.2, 0.25) is 0 Å². The molecule has 0 amide bonds. The summed E-state index contributed by atoms with van der Waals surface area (Å²) in [6, 6.07) is 0. The van der Waals surface area contributed by atoms with Gasteiger partial charge in [-0.3, -0.25) is 9.69 Å². The fraction of sp³-hybridized carbons (Fsp3) is 0.938. The molecule has 0 spiro atoms. The number of hydrogen-bond donors (Lipinski definition) is 2. The van der Waals surface area contributed by atoms with E-state index in [-0.39, 0.29) is 0 Å². The minimum atomic E-state index is -0.749. The Morgan fingerprint density at radius 2 is 2.00 bits per heavy atom. The molecule has 2 aliphatic heterocycles. The molecule has 2 bridgehead atoms. The van der Waals surface area contributed by atoms with Gasteiger partial charge in [0.15, 0.2) is 0 Å². The molecule has 0 aromatic rings. The first-order valence-corrected chi connectivity index (χ1v) is 8.46. The molecule has 0 aromatic heterocycles. The Morgan fingerprint density at radius 1 is 1.33 bits per heavy atom. The van der Waals surface area contributed by atoms with Gasteiger partial charge >= 0.3 is 5.97 Å². The number of ether oxygens (including phenoxy) is 1. The molecule has 5 heteroatoms. The number of carboxylic acid groups (broad SMARTS) is 1. The maximum Gasteiger partial charge on any atom is 0.323 e. The molecule has 3 atom stereocenters. The molecular formula is C16H30N2O3. The molecule has 0 saturated carbocycles. The molecule has 0 aliphatic carbocycles. The van der Waals surface area contributed by atoms with Gasteiger partial charge < -0.3 is 15.2 Å². The highest BCUT2D eigenvalue weighted by molar-refractivity contribution is 5.78. The molecule has 21 heavy (non-hydrogen) atoms. The SMILES string of the molecule is CCCNC(CC)(CCCN1CC2CCC(C1)O2)C(=O)O. The summed E-state index contributed by atoms with van der Waals surface area (Å²) in [4.78, 5) is 14.1. The average Bonchev–Trinajstić information content (AvgIpc) is 2.81. The number of nitrogens with one attached hydrogen (secondary N) is 1. The van der Waals surface area contributed by atoms with Crippen molar-refractivity contribution in [3.63, 3.8) is 0 Å². The quantitative estimate of drug-likeness (QED) is 0.680.